The molecule has 0 saturated carbocycles. The molecule has 86 valence electrons. The molecule has 0 amide bonds. The third-order valence-electron chi connectivity index (χ3n) is 3.78. The molecule has 0 spiro atoms. The molecule has 0 unspecified atom stereocenters. The van der Waals surface area contributed by atoms with Crippen molar-refractivity contribution in [3.05, 3.63) is 24.0 Å². The van der Waals surface area contributed by atoms with Crippen molar-refractivity contribution < 1.29 is 4.74 Å². The molecule has 3 heteroatoms. The van der Waals surface area contributed by atoms with Crippen LogP contribution < -0.4 is 4.90 Å². The number of ether oxygens (including phenoxy) is 1. The highest BCUT2D eigenvalue weighted by Crippen LogP contribution is 2.32. The highest BCUT2D eigenvalue weighted by atomic mass is 16.5. The second-order valence-electron chi connectivity index (χ2n) is 4.82. The molecule has 1 aromatic rings. The third-order valence-corrected chi connectivity index (χ3v) is 3.78. The van der Waals surface area contributed by atoms with E-state index >= 15 is 0 Å². The van der Waals surface area contributed by atoms with Crippen LogP contribution in [0, 0.1) is 11.8 Å². The summed E-state index contributed by atoms with van der Waals surface area (Å²) in [4.78, 5) is 6.91. The molecule has 0 radical (unpaired) electrons. The number of rotatable bonds is 2. The Hall–Kier alpha value is -1.09. The van der Waals surface area contributed by atoms with Crippen molar-refractivity contribution in [1.29, 1.82) is 0 Å². The van der Waals surface area contributed by atoms with E-state index in [4.69, 9.17) is 4.74 Å². The fourth-order valence-electron chi connectivity index (χ4n) is 2.71. The second kappa shape index (κ2) is 4.06. The zero-order valence-electron chi connectivity index (χ0n) is 9.72. The number of nitrogens with zero attached hydrogens (tertiary/aromatic N) is 2. The van der Waals surface area contributed by atoms with Crippen molar-refractivity contribution >= 4 is 5.69 Å². The van der Waals surface area contributed by atoms with Gasteiger partial charge in [0.15, 0.2) is 0 Å². The van der Waals surface area contributed by atoms with Crippen molar-refractivity contribution in [3.63, 3.8) is 0 Å². The lowest BCUT2D eigenvalue weighted by atomic mass is 10.0. The number of pyridine rings is 1. The molecule has 1 aromatic heterocycles. The Labute approximate surface area is 96.4 Å². The monoisotopic (exact) mass is 218 g/mol. The van der Waals surface area contributed by atoms with E-state index in [1.165, 1.54) is 11.4 Å². The molecule has 3 heterocycles. The van der Waals surface area contributed by atoms with Gasteiger partial charge < -0.3 is 9.64 Å². The second-order valence-corrected chi connectivity index (χ2v) is 4.82. The molecule has 16 heavy (non-hydrogen) atoms. The van der Waals surface area contributed by atoms with Crippen molar-refractivity contribution in [2.24, 2.45) is 11.8 Å². The Balaban J connectivity index is 1.73. The quantitative estimate of drug-likeness (QED) is 0.756. The van der Waals surface area contributed by atoms with Gasteiger partial charge in [-0.2, -0.15) is 0 Å². The van der Waals surface area contributed by atoms with E-state index in [0.717, 1.165) is 44.6 Å². The number of fused-ring (bicyclic) bond motifs is 1. The predicted molar refractivity (Wildman–Crippen MR) is 63.6 cm³/mol. The highest BCUT2D eigenvalue weighted by molar-refractivity contribution is 5.46. The summed E-state index contributed by atoms with van der Waals surface area (Å²) in [5, 5.41) is 0. The summed E-state index contributed by atoms with van der Waals surface area (Å²) in [5.74, 6) is 1.48. The zero-order chi connectivity index (χ0) is 11.0. The number of hydrogen-bond donors (Lipinski definition) is 0. The molecular weight excluding hydrogens is 200 g/mol. The minimum absolute atomic E-state index is 0.742. The van der Waals surface area contributed by atoms with E-state index < -0.39 is 0 Å². The molecule has 3 nitrogen and oxygen atoms in total. The molecule has 0 aliphatic carbocycles. The molecule has 0 bridgehead atoms. The van der Waals surface area contributed by atoms with E-state index in [1.807, 2.05) is 6.20 Å². The standard InChI is InChI=1S/C13H18N2O/c1-2-12-3-4-13(5-14-12)15-6-10-8-16-9-11(10)7-15/h3-5,10-11H,2,6-9H2,1H3/t10-,11+. The van der Waals surface area contributed by atoms with Crippen LogP contribution in [0.4, 0.5) is 5.69 Å². The summed E-state index contributed by atoms with van der Waals surface area (Å²) in [7, 11) is 0. The Morgan fingerprint density at radius 2 is 2.06 bits per heavy atom. The Bertz CT molecular complexity index is 351. The van der Waals surface area contributed by atoms with E-state index in [1.54, 1.807) is 0 Å². The molecule has 2 saturated heterocycles. The van der Waals surface area contributed by atoms with Gasteiger partial charge in [0.25, 0.3) is 0 Å². The van der Waals surface area contributed by atoms with Crippen LogP contribution in [-0.4, -0.2) is 31.3 Å². The van der Waals surface area contributed by atoms with Crippen molar-refractivity contribution in [1.82, 2.24) is 4.98 Å². The van der Waals surface area contributed by atoms with Gasteiger partial charge in [0.1, 0.15) is 0 Å². The van der Waals surface area contributed by atoms with Gasteiger partial charge in [0, 0.05) is 30.6 Å². The average Bonchev–Trinajstić information content (AvgIpc) is 2.89. The zero-order valence-corrected chi connectivity index (χ0v) is 9.72. The van der Waals surface area contributed by atoms with Gasteiger partial charge in [-0.1, -0.05) is 6.92 Å². The van der Waals surface area contributed by atoms with Crippen LogP contribution in [0.5, 0.6) is 0 Å². The molecule has 2 fully saturated rings. The summed E-state index contributed by atoms with van der Waals surface area (Å²) in [6.07, 6.45) is 3.03. The first-order valence-electron chi connectivity index (χ1n) is 6.14. The maximum absolute atomic E-state index is 5.49. The Morgan fingerprint density at radius 1 is 1.31 bits per heavy atom. The summed E-state index contributed by atoms with van der Waals surface area (Å²) in [5.41, 5.74) is 2.44. The van der Waals surface area contributed by atoms with Crippen molar-refractivity contribution in [2.45, 2.75) is 13.3 Å². The van der Waals surface area contributed by atoms with Crippen LogP contribution in [0.1, 0.15) is 12.6 Å². The van der Waals surface area contributed by atoms with Gasteiger partial charge in [-0.3, -0.25) is 4.98 Å². The fraction of sp³-hybridized carbons (Fsp3) is 0.615. The predicted octanol–water partition coefficient (Wildman–Crippen LogP) is 1.73. The first kappa shape index (κ1) is 10.1. The largest absolute Gasteiger partial charge is 0.381 e. The highest BCUT2D eigenvalue weighted by Gasteiger charge is 2.37. The first-order valence-corrected chi connectivity index (χ1v) is 6.14. The van der Waals surface area contributed by atoms with Gasteiger partial charge in [-0.15, -0.1) is 0 Å². The van der Waals surface area contributed by atoms with Crippen LogP contribution in [-0.2, 0) is 11.2 Å². The molecule has 0 N–H and O–H groups in total. The summed E-state index contributed by atoms with van der Waals surface area (Å²) in [6.45, 7) is 6.30. The SMILES string of the molecule is CCc1ccc(N2C[C@H]3COC[C@H]3C2)cn1. The van der Waals surface area contributed by atoms with Crippen LogP contribution >= 0.6 is 0 Å². The van der Waals surface area contributed by atoms with Crippen LogP contribution in [0.3, 0.4) is 0 Å². The minimum atomic E-state index is 0.742. The smallest absolute Gasteiger partial charge is 0.0553 e. The lowest BCUT2D eigenvalue weighted by Crippen LogP contribution is -2.22. The third kappa shape index (κ3) is 1.69. The van der Waals surface area contributed by atoms with Gasteiger partial charge in [0.05, 0.1) is 25.1 Å². The number of hydrogen-bond acceptors (Lipinski definition) is 3. The topological polar surface area (TPSA) is 25.4 Å². The number of aryl methyl sites for hydroxylation is 1. The van der Waals surface area contributed by atoms with Crippen LogP contribution in [0.2, 0.25) is 0 Å². The minimum Gasteiger partial charge on any atom is -0.381 e. The molecule has 2 aliphatic heterocycles. The van der Waals surface area contributed by atoms with Gasteiger partial charge in [-0.25, -0.2) is 0 Å². The first-order chi connectivity index (χ1) is 7.86. The van der Waals surface area contributed by atoms with Crippen LogP contribution in [0.15, 0.2) is 18.3 Å². The van der Waals surface area contributed by atoms with E-state index in [9.17, 15) is 0 Å². The lowest BCUT2D eigenvalue weighted by molar-refractivity contribution is 0.177. The fourth-order valence-corrected chi connectivity index (χ4v) is 2.71. The maximum Gasteiger partial charge on any atom is 0.0553 e. The van der Waals surface area contributed by atoms with Gasteiger partial charge in [-0.05, 0) is 18.6 Å². The molecule has 2 atom stereocenters. The lowest BCUT2D eigenvalue weighted by Gasteiger charge is -2.19. The summed E-state index contributed by atoms with van der Waals surface area (Å²) >= 11 is 0. The van der Waals surface area contributed by atoms with E-state index in [2.05, 4.69) is 28.9 Å². The van der Waals surface area contributed by atoms with Crippen LogP contribution in [0.25, 0.3) is 0 Å². The maximum atomic E-state index is 5.49. The van der Waals surface area contributed by atoms with Gasteiger partial charge >= 0.3 is 0 Å². The Morgan fingerprint density at radius 3 is 2.62 bits per heavy atom. The number of anilines is 1. The molecule has 0 aromatic carbocycles. The average molecular weight is 218 g/mol. The van der Waals surface area contributed by atoms with Gasteiger partial charge in [0.2, 0.25) is 0 Å². The Kier molecular flexibility index (Phi) is 2.56. The normalized spacial score (nSPS) is 28.4. The molecule has 3 rings (SSSR count). The van der Waals surface area contributed by atoms with E-state index in [-0.39, 0.29) is 0 Å². The van der Waals surface area contributed by atoms with Crippen molar-refractivity contribution in [3.8, 4) is 0 Å². The van der Waals surface area contributed by atoms with E-state index in [0.29, 0.717) is 0 Å². The number of aromatic nitrogens is 1. The summed E-state index contributed by atoms with van der Waals surface area (Å²) < 4.78 is 5.49. The molecular formula is C13H18N2O. The molecule has 2 aliphatic rings. The van der Waals surface area contributed by atoms with Crippen molar-refractivity contribution in [2.75, 3.05) is 31.2 Å². The summed E-state index contributed by atoms with van der Waals surface area (Å²) in [6, 6.07) is 4.34.